The Kier molecular flexibility index (Phi) is 3.67. The highest BCUT2D eigenvalue weighted by Gasteiger charge is 1.98. The Bertz CT molecular complexity index is 361. The fraction of sp³-hybridized carbons (Fsp3) is 0. The number of hydrogen-bond acceptors (Lipinski definition) is 4. The lowest BCUT2D eigenvalue weighted by Crippen LogP contribution is -1.96. The van der Waals surface area contributed by atoms with Crippen LogP contribution in [0.3, 0.4) is 0 Å². The average molecular weight is 234 g/mol. The molecular weight excluding hydrogens is 229 g/mol. The summed E-state index contributed by atoms with van der Waals surface area (Å²) in [6.07, 6.45) is 0.537. The molecule has 0 aliphatic carbocycles. The molecule has 0 radical (unpaired) electrons. The number of rotatable bonds is 3. The third-order valence-electron chi connectivity index (χ3n) is 1.21. The van der Waals surface area contributed by atoms with Crippen LogP contribution in [0.15, 0.2) is 23.3 Å². The number of benzene rings is 1. The smallest absolute Gasteiger partial charge is 0.352 e. The van der Waals surface area contributed by atoms with Gasteiger partial charge in [0.1, 0.15) is 0 Å². The SMILES string of the molecule is O=[N+]([O-])/C=N/Nc1cc(Cl)cc(Cl)c1. The third kappa shape index (κ3) is 3.59. The molecule has 0 heterocycles. The summed E-state index contributed by atoms with van der Waals surface area (Å²) in [6.45, 7) is 0. The summed E-state index contributed by atoms with van der Waals surface area (Å²) in [6, 6.07) is 4.64. The van der Waals surface area contributed by atoms with E-state index >= 15 is 0 Å². The molecule has 0 saturated heterocycles. The van der Waals surface area contributed by atoms with Crippen molar-refractivity contribution in [3.8, 4) is 0 Å². The van der Waals surface area contributed by atoms with Crippen LogP contribution in [-0.4, -0.2) is 11.3 Å². The summed E-state index contributed by atoms with van der Waals surface area (Å²) in [4.78, 5) is 9.21. The van der Waals surface area contributed by atoms with E-state index in [1.807, 2.05) is 0 Å². The lowest BCUT2D eigenvalue weighted by atomic mass is 10.3. The zero-order chi connectivity index (χ0) is 10.6. The molecule has 7 heteroatoms. The Morgan fingerprint density at radius 2 is 1.93 bits per heavy atom. The normalized spacial score (nSPS) is 10.4. The first-order valence-electron chi connectivity index (χ1n) is 3.47. The summed E-state index contributed by atoms with van der Waals surface area (Å²) in [5, 5.41) is 14.1. The van der Waals surface area contributed by atoms with Crippen LogP contribution in [0.4, 0.5) is 5.69 Å². The maximum absolute atomic E-state index is 9.89. The van der Waals surface area contributed by atoms with E-state index in [0.717, 1.165) is 0 Å². The fourth-order valence-electron chi connectivity index (χ4n) is 0.769. The average Bonchev–Trinajstić information content (AvgIpc) is 2.01. The molecule has 0 saturated carbocycles. The van der Waals surface area contributed by atoms with Gasteiger partial charge in [-0.15, -0.1) is 0 Å². The lowest BCUT2D eigenvalue weighted by molar-refractivity contribution is -0.339. The molecule has 74 valence electrons. The molecule has 1 aromatic carbocycles. The van der Waals surface area contributed by atoms with Gasteiger partial charge in [0.25, 0.3) is 0 Å². The molecule has 0 unspecified atom stereocenters. The maximum Gasteiger partial charge on any atom is 0.352 e. The van der Waals surface area contributed by atoms with E-state index < -0.39 is 4.92 Å². The van der Waals surface area contributed by atoms with Gasteiger partial charge in [-0.25, -0.2) is 0 Å². The van der Waals surface area contributed by atoms with E-state index in [-0.39, 0.29) is 0 Å². The number of nitro groups is 1. The number of halogens is 2. The standard InChI is InChI=1S/C7H5Cl2N3O2/c8-5-1-6(9)3-7(2-5)11-10-4-12(13)14/h1-4,11H/b10-4+. The Hall–Kier alpha value is -1.33. The van der Waals surface area contributed by atoms with Crippen molar-refractivity contribution >= 4 is 35.2 Å². The molecule has 5 nitrogen and oxygen atoms in total. The minimum absolute atomic E-state index is 0.427. The Morgan fingerprint density at radius 3 is 2.43 bits per heavy atom. The zero-order valence-corrected chi connectivity index (χ0v) is 8.29. The van der Waals surface area contributed by atoms with Gasteiger partial charge in [-0.05, 0) is 23.1 Å². The quantitative estimate of drug-likeness (QED) is 0.378. The highest BCUT2D eigenvalue weighted by molar-refractivity contribution is 6.35. The predicted octanol–water partition coefficient (Wildman–Crippen LogP) is 2.63. The van der Waals surface area contributed by atoms with Crippen LogP contribution in [0.25, 0.3) is 0 Å². The Labute approximate surface area is 89.5 Å². The monoisotopic (exact) mass is 233 g/mol. The van der Waals surface area contributed by atoms with Gasteiger partial charge < -0.3 is 10.1 Å². The first-order chi connectivity index (χ1) is 6.58. The molecule has 0 bridgehead atoms. The molecule has 0 fully saturated rings. The van der Waals surface area contributed by atoms with Gasteiger partial charge in [-0.1, -0.05) is 23.2 Å². The lowest BCUT2D eigenvalue weighted by Gasteiger charge is -1.97. The second kappa shape index (κ2) is 4.78. The van der Waals surface area contributed by atoms with Crippen molar-refractivity contribution in [3.63, 3.8) is 0 Å². The third-order valence-corrected chi connectivity index (χ3v) is 1.64. The fourth-order valence-corrected chi connectivity index (χ4v) is 1.29. The zero-order valence-electron chi connectivity index (χ0n) is 6.78. The molecule has 1 N–H and O–H groups in total. The van der Waals surface area contributed by atoms with Crippen LogP contribution in [0.5, 0.6) is 0 Å². The predicted molar refractivity (Wildman–Crippen MR) is 55.6 cm³/mol. The second-order valence-electron chi connectivity index (χ2n) is 2.30. The number of hydrazone groups is 1. The minimum atomic E-state index is -0.681. The maximum atomic E-state index is 9.89. The largest absolute Gasteiger partial charge is 0.358 e. The van der Waals surface area contributed by atoms with Crippen LogP contribution in [0.1, 0.15) is 0 Å². The summed E-state index contributed by atoms with van der Waals surface area (Å²) in [7, 11) is 0. The van der Waals surface area contributed by atoms with Gasteiger partial charge in [0.15, 0.2) is 0 Å². The van der Waals surface area contributed by atoms with Crippen LogP contribution in [0.2, 0.25) is 10.0 Å². The van der Waals surface area contributed by atoms with E-state index in [0.29, 0.717) is 22.1 Å². The van der Waals surface area contributed by atoms with Crippen molar-refractivity contribution in [2.75, 3.05) is 5.43 Å². The molecule has 0 amide bonds. The number of nitrogens with one attached hydrogen (secondary N) is 1. The van der Waals surface area contributed by atoms with Gasteiger partial charge in [0.05, 0.1) is 5.69 Å². The van der Waals surface area contributed by atoms with E-state index in [2.05, 4.69) is 10.5 Å². The van der Waals surface area contributed by atoms with Crippen LogP contribution in [0, 0.1) is 10.1 Å². The molecule has 1 aromatic rings. The molecule has 0 aliphatic heterocycles. The van der Waals surface area contributed by atoms with Crippen molar-refractivity contribution in [2.45, 2.75) is 0 Å². The molecule has 0 spiro atoms. The highest BCUT2D eigenvalue weighted by atomic mass is 35.5. The van der Waals surface area contributed by atoms with Gasteiger partial charge >= 0.3 is 6.34 Å². The highest BCUT2D eigenvalue weighted by Crippen LogP contribution is 2.22. The molecule has 14 heavy (non-hydrogen) atoms. The van der Waals surface area contributed by atoms with E-state index in [1.165, 1.54) is 0 Å². The van der Waals surface area contributed by atoms with Crippen molar-refractivity contribution < 1.29 is 4.92 Å². The van der Waals surface area contributed by atoms with Gasteiger partial charge in [0.2, 0.25) is 0 Å². The van der Waals surface area contributed by atoms with Gasteiger partial charge in [-0.2, -0.15) is 5.43 Å². The summed E-state index contributed by atoms with van der Waals surface area (Å²) in [5.74, 6) is 0. The first-order valence-corrected chi connectivity index (χ1v) is 4.22. The Balaban J connectivity index is 2.72. The molecule has 0 aromatic heterocycles. The summed E-state index contributed by atoms with van der Waals surface area (Å²) >= 11 is 11.4. The molecule has 0 aliphatic rings. The summed E-state index contributed by atoms with van der Waals surface area (Å²) < 4.78 is 0. The number of anilines is 1. The van der Waals surface area contributed by atoms with Crippen molar-refractivity contribution in [2.24, 2.45) is 5.10 Å². The van der Waals surface area contributed by atoms with Crippen molar-refractivity contribution in [1.82, 2.24) is 0 Å². The van der Waals surface area contributed by atoms with Gasteiger partial charge in [0, 0.05) is 15.1 Å². The van der Waals surface area contributed by atoms with E-state index in [4.69, 9.17) is 23.2 Å². The summed E-state index contributed by atoms with van der Waals surface area (Å²) in [5.41, 5.74) is 2.90. The number of nitrogens with zero attached hydrogens (tertiary/aromatic N) is 2. The molecular formula is C7H5Cl2N3O2. The first kappa shape index (κ1) is 10.7. The van der Waals surface area contributed by atoms with E-state index in [9.17, 15) is 10.1 Å². The van der Waals surface area contributed by atoms with Crippen LogP contribution >= 0.6 is 23.2 Å². The molecule has 0 atom stereocenters. The number of hydrogen-bond donors (Lipinski definition) is 1. The van der Waals surface area contributed by atoms with Gasteiger partial charge in [-0.3, -0.25) is 0 Å². The van der Waals surface area contributed by atoms with Crippen LogP contribution < -0.4 is 5.43 Å². The van der Waals surface area contributed by atoms with E-state index in [1.54, 1.807) is 18.2 Å². The van der Waals surface area contributed by atoms with Crippen molar-refractivity contribution in [3.05, 3.63) is 38.4 Å². The topological polar surface area (TPSA) is 67.5 Å². The molecule has 1 rings (SSSR count). The second-order valence-corrected chi connectivity index (χ2v) is 3.17. The van der Waals surface area contributed by atoms with Crippen LogP contribution in [-0.2, 0) is 0 Å². The minimum Gasteiger partial charge on any atom is -0.358 e. The Morgan fingerprint density at radius 1 is 1.36 bits per heavy atom. The van der Waals surface area contributed by atoms with Crippen molar-refractivity contribution in [1.29, 1.82) is 0 Å².